The molecule has 0 saturated heterocycles. The predicted molar refractivity (Wildman–Crippen MR) is 63.9 cm³/mol. The molecule has 2 N–H and O–H groups in total. The van der Waals surface area contributed by atoms with Gasteiger partial charge >= 0.3 is 0 Å². The van der Waals surface area contributed by atoms with Crippen LogP contribution in [0.15, 0.2) is 22.6 Å². The molecule has 0 atom stereocenters. The molecule has 0 aromatic carbocycles. The van der Waals surface area contributed by atoms with Crippen LogP contribution in [-0.2, 0) is 4.79 Å². The first kappa shape index (κ1) is 13.8. The summed E-state index contributed by atoms with van der Waals surface area (Å²) in [5.74, 6) is 0.674. The third-order valence-corrected chi connectivity index (χ3v) is 2.91. The molecule has 0 bridgehead atoms. The molecule has 0 aromatic heterocycles. The van der Waals surface area contributed by atoms with Crippen molar-refractivity contribution in [2.75, 3.05) is 5.75 Å². The normalized spacial score (nSPS) is 12.7. The number of carbonyl (C=O) groups is 1. The number of rotatable bonds is 5. The fourth-order valence-electron chi connectivity index (χ4n) is 0.914. The van der Waals surface area contributed by atoms with Crippen molar-refractivity contribution in [1.29, 1.82) is 5.26 Å². The van der Waals surface area contributed by atoms with Crippen molar-refractivity contribution in [1.82, 2.24) is 0 Å². The van der Waals surface area contributed by atoms with Gasteiger partial charge in [-0.25, -0.2) is 0 Å². The summed E-state index contributed by atoms with van der Waals surface area (Å²) >= 11 is 1.70. The van der Waals surface area contributed by atoms with E-state index in [1.54, 1.807) is 23.9 Å². The molecule has 0 heterocycles. The monoisotopic (exact) mass is 224 g/mol. The topological polar surface area (TPSA) is 66.9 Å². The van der Waals surface area contributed by atoms with Gasteiger partial charge in [0.1, 0.15) is 11.6 Å². The van der Waals surface area contributed by atoms with E-state index < -0.39 is 5.91 Å². The Hall–Kier alpha value is -1.21. The summed E-state index contributed by atoms with van der Waals surface area (Å²) < 4.78 is 0. The van der Waals surface area contributed by atoms with Gasteiger partial charge in [0.05, 0.1) is 0 Å². The maximum Gasteiger partial charge on any atom is 0.259 e. The average molecular weight is 224 g/mol. The van der Waals surface area contributed by atoms with Crippen LogP contribution in [-0.4, -0.2) is 11.7 Å². The molecule has 0 aromatic rings. The largest absolute Gasteiger partial charge is 0.365 e. The Balaban J connectivity index is 4.84. The highest BCUT2D eigenvalue weighted by atomic mass is 32.2. The Morgan fingerprint density at radius 3 is 2.47 bits per heavy atom. The van der Waals surface area contributed by atoms with E-state index in [-0.39, 0.29) is 5.57 Å². The second-order valence-corrected chi connectivity index (χ2v) is 4.55. The highest BCUT2D eigenvalue weighted by molar-refractivity contribution is 8.03. The van der Waals surface area contributed by atoms with Gasteiger partial charge in [-0.3, -0.25) is 4.79 Å². The van der Waals surface area contributed by atoms with E-state index in [2.05, 4.69) is 20.8 Å². The van der Waals surface area contributed by atoms with Gasteiger partial charge in [0, 0.05) is 0 Å². The summed E-state index contributed by atoms with van der Waals surface area (Å²) in [6.45, 7) is 6.20. The summed E-state index contributed by atoms with van der Waals surface area (Å²) in [5.41, 5.74) is 5.01. The van der Waals surface area contributed by atoms with Crippen LogP contribution in [0.2, 0.25) is 0 Å². The minimum Gasteiger partial charge on any atom is -0.365 e. The first-order valence-corrected chi connectivity index (χ1v) is 5.76. The van der Waals surface area contributed by atoms with Gasteiger partial charge in [-0.2, -0.15) is 5.26 Å². The van der Waals surface area contributed by atoms with Crippen LogP contribution in [0.1, 0.15) is 20.8 Å². The molecule has 15 heavy (non-hydrogen) atoms. The molecular weight excluding hydrogens is 208 g/mol. The van der Waals surface area contributed by atoms with Gasteiger partial charge in [-0.15, -0.1) is 11.8 Å². The second-order valence-electron chi connectivity index (χ2n) is 3.21. The minimum absolute atomic E-state index is 0.00940. The lowest BCUT2D eigenvalue weighted by atomic mass is 10.2. The standard InChI is InChI=1S/C11H16N2OS/c1-4-15-10(8(2)3)6-5-9(7-12)11(13)14/h5-6,8H,4H2,1-3H3,(H2,13,14)/b9-5-,10-6-. The summed E-state index contributed by atoms with van der Waals surface area (Å²) in [6.07, 6.45) is 3.28. The highest BCUT2D eigenvalue weighted by Crippen LogP contribution is 2.23. The van der Waals surface area contributed by atoms with E-state index >= 15 is 0 Å². The van der Waals surface area contributed by atoms with Gasteiger partial charge in [0.15, 0.2) is 0 Å². The van der Waals surface area contributed by atoms with E-state index in [0.717, 1.165) is 10.7 Å². The first-order valence-electron chi connectivity index (χ1n) is 4.77. The highest BCUT2D eigenvalue weighted by Gasteiger charge is 2.04. The molecule has 3 nitrogen and oxygen atoms in total. The molecule has 0 saturated carbocycles. The summed E-state index contributed by atoms with van der Waals surface area (Å²) in [4.78, 5) is 11.9. The van der Waals surface area contributed by atoms with Crippen LogP contribution in [0.5, 0.6) is 0 Å². The number of hydrogen-bond donors (Lipinski definition) is 1. The Morgan fingerprint density at radius 1 is 1.53 bits per heavy atom. The zero-order valence-corrected chi connectivity index (χ0v) is 10.1. The summed E-state index contributed by atoms with van der Waals surface area (Å²) in [6, 6.07) is 1.77. The van der Waals surface area contributed by atoms with Gasteiger partial charge in [0.2, 0.25) is 0 Å². The molecule has 0 spiro atoms. The van der Waals surface area contributed by atoms with Crippen molar-refractivity contribution in [3.8, 4) is 6.07 Å². The van der Waals surface area contributed by atoms with Crippen LogP contribution >= 0.6 is 11.8 Å². The predicted octanol–water partition coefficient (Wildman–Crippen LogP) is 2.21. The fraction of sp³-hybridized carbons (Fsp3) is 0.455. The van der Waals surface area contributed by atoms with Gasteiger partial charge in [-0.1, -0.05) is 26.8 Å². The van der Waals surface area contributed by atoms with Gasteiger partial charge < -0.3 is 5.73 Å². The molecule has 0 rings (SSSR count). The zero-order chi connectivity index (χ0) is 11.8. The molecule has 0 aliphatic rings. The molecule has 0 aliphatic carbocycles. The Kier molecular flexibility index (Phi) is 6.56. The zero-order valence-electron chi connectivity index (χ0n) is 9.28. The Bertz CT molecular complexity index is 324. The number of carbonyl (C=O) groups excluding carboxylic acids is 1. The van der Waals surface area contributed by atoms with Crippen LogP contribution < -0.4 is 5.73 Å². The molecule has 0 unspecified atom stereocenters. The molecule has 0 fully saturated rings. The number of hydrogen-bond acceptors (Lipinski definition) is 3. The minimum atomic E-state index is -0.682. The smallest absolute Gasteiger partial charge is 0.259 e. The first-order chi connectivity index (χ1) is 7.02. The number of nitrogens with zero attached hydrogens (tertiary/aromatic N) is 1. The van der Waals surface area contributed by atoms with Crippen LogP contribution in [0, 0.1) is 17.2 Å². The molecule has 1 amide bonds. The van der Waals surface area contributed by atoms with E-state index in [4.69, 9.17) is 11.0 Å². The van der Waals surface area contributed by atoms with Crippen molar-refractivity contribution >= 4 is 17.7 Å². The number of nitrogens with two attached hydrogens (primary N) is 1. The van der Waals surface area contributed by atoms with Crippen LogP contribution in [0.4, 0.5) is 0 Å². The van der Waals surface area contributed by atoms with E-state index in [0.29, 0.717) is 5.92 Å². The SMILES string of the molecule is CCS/C(=C\C=C(\C#N)C(N)=O)C(C)C. The van der Waals surface area contributed by atoms with Crippen molar-refractivity contribution in [2.45, 2.75) is 20.8 Å². The third-order valence-electron chi connectivity index (χ3n) is 1.68. The molecule has 4 heteroatoms. The number of amides is 1. The van der Waals surface area contributed by atoms with Crippen molar-refractivity contribution < 1.29 is 4.79 Å². The quantitative estimate of drug-likeness (QED) is 0.442. The summed E-state index contributed by atoms with van der Waals surface area (Å²) in [5, 5.41) is 8.62. The number of primary amides is 1. The third kappa shape index (κ3) is 5.28. The van der Waals surface area contributed by atoms with Crippen molar-refractivity contribution in [2.24, 2.45) is 11.7 Å². The van der Waals surface area contributed by atoms with Crippen molar-refractivity contribution in [3.63, 3.8) is 0 Å². The molecule has 0 radical (unpaired) electrons. The number of allylic oxidation sites excluding steroid dienone is 3. The Labute approximate surface area is 95.0 Å². The van der Waals surface area contributed by atoms with Crippen LogP contribution in [0.25, 0.3) is 0 Å². The fourth-order valence-corrected chi connectivity index (χ4v) is 1.74. The lowest BCUT2D eigenvalue weighted by Crippen LogP contribution is -2.12. The number of nitriles is 1. The average Bonchev–Trinajstić information content (AvgIpc) is 2.16. The molecular formula is C11H16N2OS. The summed E-state index contributed by atoms with van der Waals surface area (Å²) in [7, 11) is 0. The van der Waals surface area contributed by atoms with Crippen molar-refractivity contribution in [3.05, 3.63) is 22.6 Å². The lowest BCUT2D eigenvalue weighted by Gasteiger charge is -2.07. The molecule has 0 aliphatic heterocycles. The van der Waals surface area contributed by atoms with Gasteiger partial charge in [-0.05, 0) is 22.7 Å². The van der Waals surface area contributed by atoms with E-state index in [1.807, 2.05) is 0 Å². The second kappa shape index (κ2) is 7.13. The maximum absolute atomic E-state index is 10.8. The van der Waals surface area contributed by atoms with E-state index in [1.165, 1.54) is 6.08 Å². The van der Waals surface area contributed by atoms with E-state index in [9.17, 15) is 4.79 Å². The Morgan fingerprint density at radius 2 is 2.13 bits per heavy atom. The number of thioether (sulfide) groups is 1. The van der Waals surface area contributed by atoms with Crippen LogP contribution in [0.3, 0.4) is 0 Å². The van der Waals surface area contributed by atoms with Gasteiger partial charge in [0.25, 0.3) is 5.91 Å². The lowest BCUT2D eigenvalue weighted by molar-refractivity contribution is -0.114. The molecule has 82 valence electrons. The maximum atomic E-state index is 10.8.